The van der Waals surface area contributed by atoms with Crippen LogP contribution in [-0.2, 0) is 19.3 Å². The Hall–Kier alpha value is -1.86. The lowest BCUT2D eigenvalue weighted by Crippen LogP contribution is -2.12. The third-order valence-corrected chi connectivity index (χ3v) is 4.49. The van der Waals surface area contributed by atoms with Crippen LogP contribution < -0.4 is 0 Å². The molecule has 0 fully saturated rings. The molecule has 0 N–H and O–H groups in total. The Balaban J connectivity index is 1.97. The fourth-order valence-electron chi connectivity index (χ4n) is 3.27. The third kappa shape index (κ3) is 3.48. The molecule has 1 nitrogen and oxygen atoms in total. The number of hydrogen-bond acceptors (Lipinski definition) is 1. The molecule has 0 unspecified atom stereocenters. The first kappa shape index (κ1) is 15.1. The Morgan fingerprint density at radius 2 is 1.50 bits per heavy atom. The molecule has 0 heterocycles. The van der Waals surface area contributed by atoms with Gasteiger partial charge >= 0.3 is 0 Å². The minimum absolute atomic E-state index is 1.06. The summed E-state index contributed by atoms with van der Waals surface area (Å²) in [7, 11) is 4.28. The summed E-state index contributed by atoms with van der Waals surface area (Å²) in [6.45, 7) is 1.10. The van der Waals surface area contributed by atoms with E-state index in [2.05, 4.69) is 73.6 Å². The van der Waals surface area contributed by atoms with Crippen molar-refractivity contribution in [2.45, 2.75) is 25.7 Å². The molecule has 0 amide bonds. The standard InChI is InChI=1S/C21H25N/c1-22(2)15-7-11-20-16-19-10-4-3-8-17(19)13-14-18-9-5-6-12-21(18)20/h3-6,8-12H,7,13-16H2,1-2H3/b20-11+. The zero-order valence-corrected chi connectivity index (χ0v) is 13.7. The first-order chi connectivity index (χ1) is 10.7. The Bertz CT molecular complexity index is 667. The van der Waals surface area contributed by atoms with Crippen LogP contribution in [0.2, 0.25) is 0 Å². The quantitative estimate of drug-likeness (QED) is 0.812. The lowest BCUT2D eigenvalue weighted by Gasteiger charge is -2.20. The maximum Gasteiger partial charge on any atom is 0.00100 e. The van der Waals surface area contributed by atoms with Crippen LogP contribution in [0, 0.1) is 0 Å². The summed E-state index contributed by atoms with van der Waals surface area (Å²) in [5.74, 6) is 0. The minimum atomic E-state index is 1.06. The van der Waals surface area contributed by atoms with Gasteiger partial charge in [0, 0.05) is 6.54 Å². The van der Waals surface area contributed by atoms with Gasteiger partial charge in [-0.25, -0.2) is 0 Å². The molecule has 0 atom stereocenters. The van der Waals surface area contributed by atoms with E-state index in [4.69, 9.17) is 0 Å². The highest BCUT2D eigenvalue weighted by Gasteiger charge is 2.14. The molecule has 0 saturated carbocycles. The van der Waals surface area contributed by atoms with Crippen molar-refractivity contribution in [3.63, 3.8) is 0 Å². The second kappa shape index (κ2) is 6.93. The van der Waals surface area contributed by atoms with Crippen molar-refractivity contribution in [3.05, 3.63) is 76.9 Å². The van der Waals surface area contributed by atoms with Gasteiger partial charge in [0.25, 0.3) is 0 Å². The maximum atomic E-state index is 2.45. The third-order valence-electron chi connectivity index (χ3n) is 4.49. The van der Waals surface area contributed by atoms with E-state index < -0.39 is 0 Å². The fourth-order valence-corrected chi connectivity index (χ4v) is 3.27. The zero-order chi connectivity index (χ0) is 15.4. The van der Waals surface area contributed by atoms with Gasteiger partial charge in [-0.3, -0.25) is 0 Å². The summed E-state index contributed by atoms with van der Waals surface area (Å²) < 4.78 is 0. The van der Waals surface area contributed by atoms with Crippen molar-refractivity contribution >= 4 is 5.57 Å². The monoisotopic (exact) mass is 291 g/mol. The molecule has 0 spiro atoms. The molecule has 1 aliphatic carbocycles. The smallest absolute Gasteiger partial charge is 0.00100 e. The molecular formula is C21H25N. The molecule has 114 valence electrons. The first-order valence-corrected chi connectivity index (χ1v) is 8.23. The summed E-state index contributed by atoms with van der Waals surface area (Å²) in [6.07, 6.45) is 6.90. The molecule has 1 aliphatic rings. The van der Waals surface area contributed by atoms with E-state index in [0.717, 1.165) is 32.2 Å². The van der Waals surface area contributed by atoms with Gasteiger partial charge in [0.2, 0.25) is 0 Å². The maximum absolute atomic E-state index is 2.45. The molecule has 0 radical (unpaired) electrons. The number of rotatable bonds is 3. The highest BCUT2D eigenvalue weighted by molar-refractivity contribution is 5.71. The predicted octanol–water partition coefficient (Wildman–Crippen LogP) is 4.36. The van der Waals surface area contributed by atoms with Gasteiger partial charge in [-0.2, -0.15) is 0 Å². The molecule has 2 aromatic rings. The molecular weight excluding hydrogens is 266 g/mol. The Morgan fingerprint density at radius 1 is 0.864 bits per heavy atom. The Morgan fingerprint density at radius 3 is 2.27 bits per heavy atom. The number of hydrogen-bond donors (Lipinski definition) is 0. The van der Waals surface area contributed by atoms with E-state index in [-0.39, 0.29) is 0 Å². The second-order valence-electron chi connectivity index (χ2n) is 6.42. The van der Waals surface area contributed by atoms with Crippen molar-refractivity contribution < 1.29 is 0 Å². The van der Waals surface area contributed by atoms with Crippen LogP contribution in [0.3, 0.4) is 0 Å². The summed E-state index contributed by atoms with van der Waals surface area (Å²) in [4.78, 5) is 2.25. The van der Waals surface area contributed by atoms with Gasteiger partial charge in [0.05, 0.1) is 0 Å². The van der Waals surface area contributed by atoms with Gasteiger partial charge in [-0.15, -0.1) is 0 Å². The highest BCUT2D eigenvalue weighted by Crippen LogP contribution is 2.29. The topological polar surface area (TPSA) is 3.24 Å². The fraction of sp³-hybridized carbons (Fsp3) is 0.333. The summed E-state index contributed by atoms with van der Waals surface area (Å²) in [6, 6.07) is 17.9. The van der Waals surface area contributed by atoms with E-state index in [1.165, 1.54) is 27.8 Å². The molecule has 0 saturated heterocycles. The van der Waals surface area contributed by atoms with E-state index in [1.807, 2.05) is 0 Å². The number of fused-ring (bicyclic) bond motifs is 2. The number of allylic oxidation sites excluding steroid dienone is 1. The molecule has 0 aliphatic heterocycles. The van der Waals surface area contributed by atoms with Gasteiger partial charge in [0.1, 0.15) is 0 Å². The average molecular weight is 291 g/mol. The van der Waals surface area contributed by atoms with E-state index >= 15 is 0 Å². The summed E-state index contributed by atoms with van der Waals surface area (Å²) in [5, 5.41) is 0. The number of aryl methyl sites for hydroxylation is 2. The van der Waals surface area contributed by atoms with Gasteiger partial charge in [0.15, 0.2) is 0 Å². The van der Waals surface area contributed by atoms with Crippen molar-refractivity contribution in [3.8, 4) is 0 Å². The summed E-state index contributed by atoms with van der Waals surface area (Å²) >= 11 is 0. The van der Waals surface area contributed by atoms with Crippen molar-refractivity contribution in [1.82, 2.24) is 4.90 Å². The highest BCUT2D eigenvalue weighted by atomic mass is 15.0. The molecule has 2 aromatic carbocycles. The SMILES string of the molecule is CN(C)CC/C=C1\Cc2ccccc2CCc2ccccc21. The summed E-state index contributed by atoms with van der Waals surface area (Å²) in [5.41, 5.74) is 7.44. The van der Waals surface area contributed by atoms with Crippen LogP contribution in [0.5, 0.6) is 0 Å². The lowest BCUT2D eigenvalue weighted by atomic mass is 9.85. The van der Waals surface area contributed by atoms with E-state index in [0.29, 0.717) is 0 Å². The Labute approximate surface area is 134 Å². The predicted molar refractivity (Wildman–Crippen MR) is 95.1 cm³/mol. The van der Waals surface area contributed by atoms with Crippen molar-refractivity contribution in [2.75, 3.05) is 20.6 Å². The number of nitrogens with zero attached hydrogens (tertiary/aromatic N) is 1. The van der Waals surface area contributed by atoms with Crippen LogP contribution in [0.1, 0.15) is 28.7 Å². The molecule has 0 aromatic heterocycles. The molecule has 0 bridgehead atoms. The van der Waals surface area contributed by atoms with Gasteiger partial charge < -0.3 is 4.90 Å². The van der Waals surface area contributed by atoms with Crippen LogP contribution in [0.15, 0.2) is 54.6 Å². The van der Waals surface area contributed by atoms with E-state index in [1.54, 1.807) is 0 Å². The van der Waals surface area contributed by atoms with Crippen LogP contribution in [-0.4, -0.2) is 25.5 Å². The number of benzene rings is 2. The van der Waals surface area contributed by atoms with Gasteiger partial charge in [-0.05, 0) is 67.6 Å². The average Bonchev–Trinajstić information content (AvgIpc) is 2.51. The van der Waals surface area contributed by atoms with E-state index in [9.17, 15) is 0 Å². The van der Waals surface area contributed by atoms with Crippen LogP contribution >= 0.6 is 0 Å². The molecule has 3 rings (SSSR count). The Kier molecular flexibility index (Phi) is 4.74. The molecule has 22 heavy (non-hydrogen) atoms. The van der Waals surface area contributed by atoms with Gasteiger partial charge in [-0.1, -0.05) is 54.6 Å². The van der Waals surface area contributed by atoms with Crippen LogP contribution in [0.25, 0.3) is 5.57 Å². The molecule has 1 heteroatoms. The first-order valence-electron chi connectivity index (χ1n) is 8.23. The minimum Gasteiger partial charge on any atom is -0.309 e. The van der Waals surface area contributed by atoms with Crippen LogP contribution in [0.4, 0.5) is 0 Å². The van der Waals surface area contributed by atoms with Crippen molar-refractivity contribution in [2.24, 2.45) is 0 Å². The largest absolute Gasteiger partial charge is 0.309 e. The zero-order valence-electron chi connectivity index (χ0n) is 13.7. The van der Waals surface area contributed by atoms with Crippen molar-refractivity contribution in [1.29, 1.82) is 0 Å². The normalized spacial score (nSPS) is 16.0. The lowest BCUT2D eigenvalue weighted by molar-refractivity contribution is 0.417. The second-order valence-corrected chi connectivity index (χ2v) is 6.42.